The Bertz CT molecular complexity index is 524. The van der Waals surface area contributed by atoms with Gasteiger partial charge in [-0.2, -0.15) is 0 Å². The molecule has 0 amide bonds. The third-order valence-corrected chi connectivity index (χ3v) is 8.13. The number of alkyl halides is 1. The number of fused-ring (bicyclic) bond motifs is 5. The monoisotopic (exact) mass is 304 g/mol. The molecule has 0 aromatic carbocycles. The van der Waals surface area contributed by atoms with Crippen molar-refractivity contribution in [3.63, 3.8) is 0 Å². The molecular formula is C20H29FO. The van der Waals surface area contributed by atoms with Gasteiger partial charge in [0, 0.05) is 11.8 Å². The fraction of sp³-hybridized carbons (Fsp3) is 0.850. The van der Waals surface area contributed by atoms with Crippen molar-refractivity contribution in [1.82, 2.24) is 0 Å². The molecule has 6 atom stereocenters. The van der Waals surface area contributed by atoms with E-state index in [1.165, 1.54) is 6.42 Å². The first kappa shape index (κ1) is 14.9. The Morgan fingerprint density at radius 1 is 1.14 bits per heavy atom. The van der Waals surface area contributed by atoms with E-state index in [1.807, 2.05) is 0 Å². The maximum atomic E-state index is 13.1. The maximum absolute atomic E-state index is 13.1. The zero-order chi connectivity index (χ0) is 15.5. The summed E-state index contributed by atoms with van der Waals surface area (Å²) in [5, 5.41) is 0. The lowest BCUT2D eigenvalue weighted by Gasteiger charge is -2.57. The summed E-state index contributed by atoms with van der Waals surface area (Å²) in [6.07, 6.45) is 11.0. The van der Waals surface area contributed by atoms with Crippen LogP contribution in [0.5, 0.6) is 0 Å². The molecule has 1 unspecified atom stereocenters. The first-order valence-corrected chi connectivity index (χ1v) is 9.28. The quantitative estimate of drug-likeness (QED) is 0.616. The number of halogens is 1. The van der Waals surface area contributed by atoms with Gasteiger partial charge in [0.05, 0.1) is 6.67 Å². The van der Waals surface area contributed by atoms with Crippen LogP contribution in [-0.2, 0) is 4.79 Å². The lowest BCUT2D eigenvalue weighted by atomic mass is 9.47. The summed E-state index contributed by atoms with van der Waals surface area (Å²) in [7, 11) is 0. The van der Waals surface area contributed by atoms with E-state index in [2.05, 4.69) is 19.9 Å². The predicted molar refractivity (Wildman–Crippen MR) is 86.2 cm³/mol. The number of allylic oxidation sites excluding steroid dienone is 2. The summed E-state index contributed by atoms with van der Waals surface area (Å²) in [5.74, 6) is 2.82. The van der Waals surface area contributed by atoms with E-state index in [0.29, 0.717) is 23.0 Å². The fourth-order valence-electron chi connectivity index (χ4n) is 6.64. The van der Waals surface area contributed by atoms with Crippen LogP contribution in [0.1, 0.15) is 65.2 Å². The highest BCUT2D eigenvalue weighted by molar-refractivity contribution is 5.87. The van der Waals surface area contributed by atoms with Crippen LogP contribution in [0.3, 0.4) is 0 Å². The molecule has 1 nitrogen and oxygen atoms in total. The molecule has 0 aromatic heterocycles. The van der Waals surface area contributed by atoms with Crippen molar-refractivity contribution in [2.45, 2.75) is 65.2 Å². The Hall–Kier alpha value is -0.660. The lowest BCUT2D eigenvalue weighted by molar-refractivity contribution is -0.131. The predicted octanol–water partition coefficient (Wildman–Crippen LogP) is 5.10. The molecule has 0 radical (unpaired) electrons. The van der Waals surface area contributed by atoms with Gasteiger partial charge in [0.15, 0.2) is 0 Å². The SMILES string of the molecule is C[C@]12CCC(CF)CC1=CC[C@@H]1[C@@H]2CC[C@]2(C)C(=O)CC[C@@H]12. The van der Waals surface area contributed by atoms with Crippen molar-refractivity contribution in [3.05, 3.63) is 11.6 Å². The highest BCUT2D eigenvalue weighted by Crippen LogP contribution is 2.64. The van der Waals surface area contributed by atoms with Crippen LogP contribution < -0.4 is 0 Å². The standard InChI is InChI=1S/C20H29FO/c1-19-9-7-13(12-21)11-14(19)3-4-15-16-5-6-18(22)20(16,2)10-8-17(15)19/h3,13,15-17H,4-12H2,1-2H3/t13?,15-,16-,17-,19-,20-/m0/s1. The van der Waals surface area contributed by atoms with Gasteiger partial charge in [0.1, 0.15) is 5.78 Å². The number of hydrogen-bond acceptors (Lipinski definition) is 1. The van der Waals surface area contributed by atoms with Gasteiger partial charge in [0.2, 0.25) is 0 Å². The van der Waals surface area contributed by atoms with Crippen molar-refractivity contribution >= 4 is 5.78 Å². The minimum atomic E-state index is -0.156. The largest absolute Gasteiger partial charge is 0.299 e. The molecule has 4 aliphatic carbocycles. The van der Waals surface area contributed by atoms with E-state index in [1.54, 1.807) is 5.57 Å². The van der Waals surface area contributed by atoms with Crippen LogP contribution in [0.25, 0.3) is 0 Å². The molecule has 0 bridgehead atoms. The Labute approximate surface area is 133 Å². The number of Topliss-reactive ketones (excluding diaryl/α,β-unsaturated/α-hetero) is 1. The van der Waals surface area contributed by atoms with E-state index in [-0.39, 0.29) is 18.0 Å². The van der Waals surface area contributed by atoms with E-state index in [9.17, 15) is 9.18 Å². The molecule has 0 heterocycles. The van der Waals surface area contributed by atoms with Crippen molar-refractivity contribution in [3.8, 4) is 0 Å². The normalized spacial score (nSPS) is 50.9. The molecule has 0 spiro atoms. The van der Waals surface area contributed by atoms with Gasteiger partial charge >= 0.3 is 0 Å². The summed E-state index contributed by atoms with van der Waals surface area (Å²) >= 11 is 0. The minimum absolute atomic E-state index is 0.0288. The van der Waals surface area contributed by atoms with Gasteiger partial charge in [-0.05, 0) is 74.0 Å². The Morgan fingerprint density at radius 2 is 1.86 bits per heavy atom. The number of carbonyl (C=O) groups is 1. The number of carbonyl (C=O) groups excluding carboxylic acids is 1. The number of hydrogen-bond donors (Lipinski definition) is 0. The molecule has 0 aliphatic heterocycles. The zero-order valence-electron chi connectivity index (χ0n) is 14.0. The topological polar surface area (TPSA) is 17.1 Å². The Kier molecular flexibility index (Phi) is 3.33. The van der Waals surface area contributed by atoms with E-state index < -0.39 is 0 Å². The summed E-state index contributed by atoms with van der Waals surface area (Å²) in [6.45, 7) is 4.53. The zero-order valence-corrected chi connectivity index (χ0v) is 14.0. The second kappa shape index (κ2) is 4.92. The fourth-order valence-corrected chi connectivity index (χ4v) is 6.64. The molecule has 3 saturated carbocycles. The third kappa shape index (κ3) is 1.85. The van der Waals surface area contributed by atoms with Crippen LogP contribution in [-0.4, -0.2) is 12.5 Å². The van der Waals surface area contributed by atoms with Crippen LogP contribution in [0.2, 0.25) is 0 Å². The minimum Gasteiger partial charge on any atom is -0.299 e. The van der Waals surface area contributed by atoms with Gasteiger partial charge in [-0.25, -0.2) is 0 Å². The molecule has 122 valence electrons. The van der Waals surface area contributed by atoms with Crippen LogP contribution in [0.4, 0.5) is 4.39 Å². The van der Waals surface area contributed by atoms with Crippen LogP contribution in [0, 0.1) is 34.5 Å². The van der Waals surface area contributed by atoms with Crippen molar-refractivity contribution in [2.24, 2.45) is 34.5 Å². The summed E-state index contributed by atoms with van der Waals surface area (Å²) < 4.78 is 13.1. The van der Waals surface area contributed by atoms with Gasteiger partial charge < -0.3 is 0 Å². The molecule has 2 heteroatoms. The van der Waals surface area contributed by atoms with Gasteiger partial charge in [-0.3, -0.25) is 9.18 Å². The first-order chi connectivity index (χ1) is 10.5. The van der Waals surface area contributed by atoms with Crippen molar-refractivity contribution < 1.29 is 9.18 Å². The highest BCUT2D eigenvalue weighted by atomic mass is 19.1. The average Bonchev–Trinajstić information content (AvgIpc) is 2.82. The van der Waals surface area contributed by atoms with E-state index in [0.717, 1.165) is 50.9 Å². The molecule has 4 rings (SSSR count). The third-order valence-electron chi connectivity index (χ3n) is 8.13. The Morgan fingerprint density at radius 3 is 2.64 bits per heavy atom. The summed E-state index contributed by atoms with van der Waals surface area (Å²) in [6, 6.07) is 0. The molecule has 0 saturated heterocycles. The Balaban J connectivity index is 1.66. The van der Waals surface area contributed by atoms with Crippen molar-refractivity contribution in [2.75, 3.05) is 6.67 Å². The molecule has 4 aliphatic rings. The van der Waals surface area contributed by atoms with E-state index in [4.69, 9.17) is 0 Å². The highest BCUT2D eigenvalue weighted by Gasteiger charge is 2.58. The molecule has 3 fully saturated rings. The average molecular weight is 304 g/mol. The van der Waals surface area contributed by atoms with Gasteiger partial charge in [-0.15, -0.1) is 0 Å². The second-order valence-corrected chi connectivity index (χ2v) is 8.94. The maximum Gasteiger partial charge on any atom is 0.139 e. The summed E-state index contributed by atoms with van der Waals surface area (Å²) in [5.41, 5.74) is 1.82. The van der Waals surface area contributed by atoms with Crippen LogP contribution in [0.15, 0.2) is 11.6 Å². The molecular weight excluding hydrogens is 275 g/mol. The summed E-state index contributed by atoms with van der Waals surface area (Å²) in [4.78, 5) is 12.4. The first-order valence-electron chi connectivity index (χ1n) is 9.28. The molecule has 22 heavy (non-hydrogen) atoms. The number of ketones is 1. The number of rotatable bonds is 1. The second-order valence-electron chi connectivity index (χ2n) is 8.94. The van der Waals surface area contributed by atoms with Crippen LogP contribution >= 0.6 is 0 Å². The van der Waals surface area contributed by atoms with Gasteiger partial charge in [-0.1, -0.05) is 25.5 Å². The van der Waals surface area contributed by atoms with Crippen molar-refractivity contribution in [1.29, 1.82) is 0 Å². The van der Waals surface area contributed by atoms with Gasteiger partial charge in [0.25, 0.3) is 0 Å². The molecule has 0 aromatic rings. The molecule has 0 N–H and O–H groups in total. The lowest BCUT2D eigenvalue weighted by Crippen LogP contribution is -2.50. The van der Waals surface area contributed by atoms with E-state index >= 15 is 0 Å². The smallest absolute Gasteiger partial charge is 0.139 e.